The molecule has 1 aliphatic heterocycles. The highest BCUT2D eigenvalue weighted by atomic mass is 16.6. The molecule has 2 rings (SSSR count). The lowest BCUT2D eigenvalue weighted by atomic mass is 9.91. The van der Waals surface area contributed by atoms with Gasteiger partial charge in [0.05, 0.1) is 0 Å². The van der Waals surface area contributed by atoms with Crippen LogP contribution in [0.2, 0.25) is 0 Å². The summed E-state index contributed by atoms with van der Waals surface area (Å²) in [5.74, 6) is -1.44. The van der Waals surface area contributed by atoms with E-state index in [0.717, 1.165) is 5.56 Å². The van der Waals surface area contributed by atoms with Gasteiger partial charge in [0.1, 0.15) is 17.2 Å². The van der Waals surface area contributed by atoms with Crippen LogP contribution < -0.4 is 5.32 Å². The Labute approximate surface area is 159 Å². The van der Waals surface area contributed by atoms with E-state index in [1.807, 2.05) is 30.3 Å². The molecular formula is C20H28N2O5. The van der Waals surface area contributed by atoms with Gasteiger partial charge in [-0.1, -0.05) is 30.3 Å². The Morgan fingerprint density at radius 2 is 1.81 bits per heavy atom. The van der Waals surface area contributed by atoms with Gasteiger partial charge in [-0.3, -0.25) is 4.79 Å². The molecule has 1 saturated heterocycles. The van der Waals surface area contributed by atoms with Crippen LogP contribution in [0.1, 0.15) is 46.1 Å². The SMILES string of the molecule is CC(C)(C)OC(=O)N[C@](C)(Cc1ccccc1)C(=O)N1CCCC1C(=O)O. The van der Waals surface area contributed by atoms with E-state index in [-0.39, 0.29) is 6.42 Å². The number of nitrogens with one attached hydrogen (secondary N) is 1. The van der Waals surface area contributed by atoms with Crippen molar-refractivity contribution in [1.29, 1.82) is 0 Å². The summed E-state index contributed by atoms with van der Waals surface area (Å²) in [6.07, 6.45) is 0.556. The van der Waals surface area contributed by atoms with Gasteiger partial charge in [-0.05, 0) is 46.1 Å². The Morgan fingerprint density at radius 3 is 2.37 bits per heavy atom. The highest BCUT2D eigenvalue weighted by Gasteiger charge is 2.44. The van der Waals surface area contributed by atoms with Gasteiger partial charge in [0.25, 0.3) is 0 Å². The molecule has 2 amide bonds. The third-order valence-corrected chi connectivity index (χ3v) is 4.45. The molecule has 0 spiro atoms. The molecule has 1 aromatic rings. The number of carbonyl (C=O) groups is 3. The first kappa shape index (κ1) is 20.7. The summed E-state index contributed by atoms with van der Waals surface area (Å²) in [5, 5.41) is 12.1. The molecule has 1 fully saturated rings. The molecule has 2 atom stereocenters. The first-order chi connectivity index (χ1) is 12.5. The molecule has 0 saturated carbocycles. The van der Waals surface area contributed by atoms with E-state index in [2.05, 4.69) is 5.32 Å². The van der Waals surface area contributed by atoms with Crippen molar-refractivity contribution in [1.82, 2.24) is 10.2 Å². The molecule has 7 nitrogen and oxygen atoms in total. The highest BCUT2D eigenvalue weighted by molar-refractivity contribution is 5.93. The third-order valence-electron chi connectivity index (χ3n) is 4.45. The average molecular weight is 376 g/mol. The van der Waals surface area contributed by atoms with Crippen LogP contribution in [0.15, 0.2) is 30.3 Å². The minimum Gasteiger partial charge on any atom is -0.480 e. The number of carboxylic acid groups (broad SMARTS) is 1. The topological polar surface area (TPSA) is 95.9 Å². The van der Waals surface area contributed by atoms with E-state index >= 15 is 0 Å². The second-order valence-electron chi connectivity index (χ2n) is 8.12. The lowest BCUT2D eigenvalue weighted by Crippen LogP contribution is -2.61. The summed E-state index contributed by atoms with van der Waals surface area (Å²) in [7, 11) is 0. The predicted octanol–water partition coefficient (Wildman–Crippen LogP) is 2.59. The zero-order valence-corrected chi connectivity index (χ0v) is 16.3. The van der Waals surface area contributed by atoms with E-state index in [1.54, 1.807) is 27.7 Å². The molecule has 27 heavy (non-hydrogen) atoms. The fraction of sp³-hybridized carbons (Fsp3) is 0.550. The number of benzene rings is 1. The first-order valence-corrected chi connectivity index (χ1v) is 9.11. The largest absolute Gasteiger partial charge is 0.480 e. The standard InChI is InChI=1S/C20H28N2O5/c1-19(2,3)27-18(26)21-20(4,13-14-9-6-5-7-10-14)17(25)22-12-8-11-15(22)16(23)24/h5-7,9-10,15H,8,11-13H2,1-4H3,(H,21,26)(H,23,24)/t15?,20-/m1/s1. The zero-order chi connectivity index (χ0) is 20.2. The number of carbonyl (C=O) groups excluding carboxylic acids is 2. The van der Waals surface area contributed by atoms with Gasteiger partial charge in [-0.25, -0.2) is 9.59 Å². The fourth-order valence-corrected chi connectivity index (χ4v) is 3.29. The van der Waals surface area contributed by atoms with Gasteiger partial charge < -0.3 is 20.1 Å². The van der Waals surface area contributed by atoms with Gasteiger partial charge in [0.15, 0.2) is 0 Å². The molecule has 148 valence electrons. The summed E-state index contributed by atoms with van der Waals surface area (Å²) < 4.78 is 5.32. The number of hydrogen-bond donors (Lipinski definition) is 2. The van der Waals surface area contributed by atoms with Crippen molar-refractivity contribution in [2.45, 2.75) is 64.1 Å². The Kier molecular flexibility index (Phi) is 6.13. The van der Waals surface area contributed by atoms with Crippen molar-refractivity contribution in [3.8, 4) is 0 Å². The second kappa shape index (κ2) is 7.98. The van der Waals surface area contributed by atoms with Crippen LogP contribution in [0.4, 0.5) is 4.79 Å². The summed E-state index contributed by atoms with van der Waals surface area (Å²) in [4.78, 5) is 38.5. The van der Waals surface area contributed by atoms with Crippen LogP contribution in [0.25, 0.3) is 0 Å². The molecule has 1 aromatic carbocycles. The highest BCUT2D eigenvalue weighted by Crippen LogP contribution is 2.25. The van der Waals surface area contributed by atoms with Gasteiger partial charge in [0.2, 0.25) is 5.91 Å². The van der Waals surface area contributed by atoms with Crippen molar-refractivity contribution in [2.75, 3.05) is 6.54 Å². The van der Waals surface area contributed by atoms with Gasteiger partial charge in [-0.2, -0.15) is 0 Å². The summed E-state index contributed by atoms with van der Waals surface area (Å²) >= 11 is 0. The number of aliphatic carboxylic acids is 1. The van der Waals surface area contributed by atoms with Gasteiger partial charge in [0, 0.05) is 13.0 Å². The molecule has 2 N–H and O–H groups in total. The Balaban J connectivity index is 2.29. The number of nitrogens with zero attached hydrogens (tertiary/aromatic N) is 1. The van der Waals surface area contributed by atoms with Crippen LogP contribution >= 0.6 is 0 Å². The quantitative estimate of drug-likeness (QED) is 0.823. The maximum atomic E-state index is 13.3. The second-order valence-corrected chi connectivity index (χ2v) is 8.12. The van der Waals surface area contributed by atoms with Crippen molar-refractivity contribution in [2.24, 2.45) is 0 Å². The molecule has 0 radical (unpaired) electrons. The molecule has 0 bridgehead atoms. The first-order valence-electron chi connectivity index (χ1n) is 9.11. The van der Waals surface area contributed by atoms with Crippen molar-refractivity contribution < 1.29 is 24.2 Å². The summed E-state index contributed by atoms with van der Waals surface area (Å²) in [6.45, 7) is 7.19. The van der Waals surface area contributed by atoms with E-state index in [9.17, 15) is 19.5 Å². The normalized spacial score (nSPS) is 19.3. The van der Waals surface area contributed by atoms with Crippen LogP contribution in [0, 0.1) is 0 Å². The number of amides is 2. The third kappa shape index (κ3) is 5.45. The Bertz CT molecular complexity index is 698. The lowest BCUT2D eigenvalue weighted by Gasteiger charge is -2.35. The summed E-state index contributed by atoms with van der Waals surface area (Å²) in [6, 6.07) is 8.42. The molecule has 1 unspecified atom stereocenters. The van der Waals surface area contributed by atoms with E-state index < -0.39 is 35.2 Å². The van der Waals surface area contributed by atoms with E-state index in [0.29, 0.717) is 19.4 Å². The van der Waals surface area contributed by atoms with E-state index in [4.69, 9.17) is 4.74 Å². The number of ether oxygens (including phenoxy) is 1. The van der Waals surface area contributed by atoms with E-state index in [1.165, 1.54) is 4.90 Å². The number of carboxylic acids is 1. The molecular weight excluding hydrogens is 348 g/mol. The zero-order valence-electron chi connectivity index (χ0n) is 16.3. The van der Waals surface area contributed by atoms with Gasteiger partial charge in [-0.15, -0.1) is 0 Å². The molecule has 7 heteroatoms. The van der Waals surface area contributed by atoms with Crippen molar-refractivity contribution in [3.05, 3.63) is 35.9 Å². The fourth-order valence-electron chi connectivity index (χ4n) is 3.29. The van der Waals surface area contributed by atoms with Crippen LogP contribution in [-0.2, 0) is 20.7 Å². The minimum atomic E-state index is -1.32. The Hall–Kier alpha value is -2.57. The average Bonchev–Trinajstić information content (AvgIpc) is 3.02. The smallest absolute Gasteiger partial charge is 0.408 e. The monoisotopic (exact) mass is 376 g/mol. The Morgan fingerprint density at radius 1 is 1.19 bits per heavy atom. The molecule has 0 aromatic heterocycles. The maximum absolute atomic E-state index is 13.3. The number of hydrogen-bond acceptors (Lipinski definition) is 4. The minimum absolute atomic E-state index is 0.231. The number of alkyl carbamates (subject to hydrolysis) is 1. The lowest BCUT2D eigenvalue weighted by molar-refractivity contribution is -0.150. The summed E-state index contributed by atoms with van der Waals surface area (Å²) in [5.41, 5.74) is -1.17. The van der Waals surface area contributed by atoms with Crippen LogP contribution in [-0.4, -0.2) is 51.7 Å². The number of rotatable bonds is 5. The van der Waals surface area contributed by atoms with Gasteiger partial charge >= 0.3 is 12.1 Å². The van der Waals surface area contributed by atoms with Crippen LogP contribution in [0.5, 0.6) is 0 Å². The molecule has 1 heterocycles. The van der Waals surface area contributed by atoms with Crippen molar-refractivity contribution >= 4 is 18.0 Å². The van der Waals surface area contributed by atoms with Crippen LogP contribution in [0.3, 0.4) is 0 Å². The molecule has 1 aliphatic rings. The predicted molar refractivity (Wildman–Crippen MR) is 100 cm³/mol. The number of likely N-dealkylation sites (tertiary alicyclic amines) is 1. The maximum Gasteiger partial charge on any atom is 0.408 e. The van der Waals surface area contributed by atoms with Crippen molar-refractivity contribution in [3.63, 3.8) is 0 Å². The molecule has 0 aliphatic carbocycles.